The Morgan fingerprint density at radius 2 is 1.43 bits per heavy atom. The van der Waals surface area contributed by atoms with Gasteiger partial charge in [0, 0.05) is 0 Å². The van der Waals surface area contributed by atoms with E-state index in [0.717, 1.165) is 0 Å². The van der Waals surface area contributed by atoms with Gasteiger partial charge in [-0.2, -0.15) is 0 Å². The SMILES string of the molecule is CCCCCCCC.CCO[PH](=O)O. The lowest BCUT2D eigenvalue weighted by Crippen LogP contribution is -1.73. The van der Waals surface area contributed by atoms with Gasteiger partial charge in [-0.15, -0.1) is 0 Å². The Bertz CT molecular complexity index is 112. The average Bonchev–Trinajstić information content (AvgIpc) is 2.13. The normalized spacial score (nSPS) is 11.7. The van der Waals surface area contributed by atoms with Crippen LogP contribution in [0.1, 0.15) is 59.3 Å². The van der Waals surface area contributed by atoms with Crippen molar-refractivity contribution in [1.29, 1.82) is 0 Å². The van der Waals surface area contributed by atoms with Gasteiger partial charge in [0.05, 0.1) is 6.61 Å². The Labute approximate surface area is 88.8 Å². The number of hydrogen-bond donors (Lipinski definition) is 1. The highest BCUT2D eigenvalue weighted by Crippen LogP contribution is 2.12. The van der Waals surface area contributed by atoms with E-state index in [1.54, 1.807) is 6.92 Å². The Balaban J connectivity index is 0. The van der Waals surface area contributed by atoms with Crippen LogP contribution < -0.4 is 0 Å². The van der Waals surface area contributed by atoms with Gasteiger partial charge >= 0.3 is 8.25 Å². The van der Waals surface area contributed by atoms with Crippen molar-refractivity contribution in [3.63, 3.8) is 0 Å². The van der Waals surface area contributed by atoms with Crippen LogP contribution in [0.15, 0.2) is 0 Å². The molecule has 0 aromatic rings. The summed E-state index contributed by atoms with van der Waals surface area (Å²) in [5.74, 6) is 0. The highest BCUT2D eigenvalue weighted by atomic mass is 31.1. The second-order valence-electron chi connectivity index (χ2n) is 3.11. The van der Waals surface area contributed by atoms with Crippen LogP contribution in [0.3, 0.4) is 0 Å². The molecule has 3 nitrogen and oxygen atoms in total. The summed E-state index contributed by atoms with van der Waals surface area (Å²) in [6.07, 6.45) is 8.49. The summed E-state index contributed by atoms with van der Waals surface area (Å²) in [5.41, 5.74) is 0. The summed E-state index contributed by atoms with van der Waals surface area (Å²) >= 11 is 0. The Kier molecular flexibility index (Phi) is 18.5. The molecule has 14 heavy (non-hydrogen) atoms. The van der Waals surface area contributed by atoms with Crippen molar-refractivity contribution in [1.82, 2.24) is 0 Å². The van der Waals surface area contributed by atoms with E-state index in [-0.39, 0.29) is 0 Å². The summed E-state index contributed by atoms with van der Waals surface area (Å²) in [6, 6.07) is 0. The first-order chi connectivity index (χ1) is 6.68. The van der Waals surface area contributed by atoms with Crippen LogP contribution in [-0.2, 0) is 9.09 Å². The van der Waals surface area contributed by atoms with Crippen LogP contribution in [0.25, 0.3) is 0 Å². The van der Waals surface area contributed by atoms with Crippen LogP contribution in [0.2, 0.25) is 0 Å². The molecule has 0 amide bonds. The lowest BCUT2D eigenvalue weighted by atomic mass is 10.1. The number of hydrogen-bond acceptors (Lipinski definition) is 2. The molecule has 0 heterocycles. The van der Waals surface area contributed by atoms with E-state index in [2.05, 4.69) is 18.4 Å². The van der Waals surface area contributed by atoms with Gasteiger partial charge in [-0.1, -0.05) is 52.4 Å². The zero-order valence-electron chi connectivity index (χ0n) is 9.71. The Hall–Kier alpha value is 0.150. The third-order valence-electron chi connectivity index (χ3n) is 1.72. The van der Waals surface area contributed by atoms with Crippen molar-refractivity contribution in [3.05, 3.63) is 0 Å². The maximum atomic E-state index is 9.56. The first-order valence-electron chi connectivity index (χ1n) is 5.54. The lowest BCUT2D eigenvalue weighted by Gasteiger charge is -1.93. The molecule has 0 saturated carbocycles. The van der Waals surface area contributed by atoms with Gasteiger partial charge in [-0.3, -0.25) is 4.57 Å². The lowest BCUT2D eigenvalue weighted by molar-refractivity contribution is 0.297. The third kappa shape index (κ3) is 22.7. The van der Waals surface area contributed by atoms with Crippen molar-refractivity contribution in [2.24, 2.45) is 0 Å². The van der Waals surface area contributed by atoms with Gasteiger partial charge in [-0.25, -0.2) is 0 Å². The van der Waals surface area contributed by atoms with E-state index in [1.807, 2.05) is 0 Å². The molecule has 0 aromatic heterocycles. The summed E-state index contributed by atoms with van der Waals surface area (Å²) in [7, 11) is -2.64. The Morgan fingerprint density at radius 3 is 1.57 bits per heavy atom. The summed E-state index contributed by atoms with van der Waals surface area (Å²) in [4.78, 5) is 7.88. The molecule has 4 heteroatoms. The maximum Gasteiger partial charge on any atom is 0.316 e. The van der Waals surface area contributed by atoms with Crippen LogP contribution >= 0.6 is 8.25 Å². The molecule has 88 valence electrons. The first-order valence-corrected chi connectivity index (χ1v) is 6.81. The molecule has 0 fully saturated rings. The van der Waals surface area contributed by atoms with E-state index in [0.29, 0.717) is 6.61 Å². The van der Waals surface area contributed by atoms with Crippen LogP contribution in [0.5, 0.6) is 0 Å². The highest BCUT2D eigenvalue weighted by molar-refractivity contribution is 7.32. The van der Waals surface area contributed by atoms with Gasteiger partial charge in [0.2, 0.25) is 0 Å². The predicted octanol–water partition coefficient (Wildman–Crippen LogP) is 3.77. The second kappa shape index (κ2) is 15.6. The molecule has 0 aromatic carbocycles. The molecule has 0 aliphatic heterocycles. The second-order valence-corrected chi connectivity index (χ2v) is 3.93. The van der Waals surface area contributed by atoms with E-state index < -0.39 is 8.25 Å². The number of unbranched alkanes of at least 4 members (excludes halogenated alkanes) is 5. The highest BCUT2D eigenvalue weighted by Gasteiger charge is 1.83. The fourth-order valence-corrected chi connectivity index (χ4v) is 1.22. The molecule has 0 aliphatic carbocycles. The zero-order chi connectivity index (χ0) is 11.2. The van der Waals surface area contributed by atoms with E-state index in [4.69, 9.17) is 4.89 Å². The Morgan fingerprint density at radius 1 is 1.00 bits per heavy atom. The molecule has 1 unspecified atom stereocenters. The largest absolute Gasteiger partial charge is 0.326 e. The molecule has 1 atom stereocenters. The summed E-state index contributed by atoms with van der Waals surface area (Å²) in [5, 5.41) is 0. The summed E-state index contributed by atoms with van der Waals surface area (Å²) in [6.45, 7) is 6.49. The molecule has 1 N–H and O–H groups in total. The zero-order valence-corrected chi connectivity index (χ0v) is 10.7. The molecule has 0 rings (SSSR count). The molecular formula is C10H25O3P. The van der Waals surface area contributed by atoms with E-state index >= 15 is 0 Å². The van der Waals surface area contributed by atoms with Gasteiger partial charge in [-0.05, 0) is 6.92 Å². The van der Waals surface area contributed by atoms with Gasteiger partial charge in [0.25, 0.3) is 0 Å². The fraction of sp³-hybridized carbons (Fsp3) is 1.00. The number of rotatable bonds is 7. The topological polar surface area (TPSA) is 46.5 Å². The van der Waals surface area contributed by atoms with E-state index in [9.17, 15) is 4.57 Å². The molecule has 0 saturated heterocycles. The standard InChI is InChI=1S/C8H18.C2H7O3P/c1-3-5-7-8-6-4-2;1-2-5-6(3)4/h3-8H2,1-2H3;6H,2H2,1H3,(H,3,4). The molecule has 0 bridgehead atoms. The molecular weight excluding hydrogens is 199 g/mol. The van der Waals surface area contributed by atoms with Gasteiger partial charge in [0.15, 0.2) is 0 Å². The molecule has 0 spiro atoms. The van der Waals surface area contributed by atoms with Crippen molar-refractivity contribution < 1.29 is 14.0 Å². The van der Waals surface area contributed by atoms with Gasteiger partial charge in [0.1, 0.15) is 0 Å². The van der Waals surface area contributed by atoms with Gasteiger partial charge < -0.3 is 9.42 Å². The van der Waals surface area contributed by atoms with Crippen LogP contribution in [0.4, 0.5) is 0 Å². The first kappa shape index (κ1) is 16.6. The van der Waals surface area contributed by atoms with Crippen molar-refractivity contribution in [3.8, 4) is 0 Å². The van der Waals surface area contributed by atoms with E-state index in [1.165, 1.54) is 38.5 Å². The van der Waals surface area contributed by atoms with Crippen LogP contribution in [-0.4, -0.2) is 11.5 Å². The minimum absolute atomic E-state index is 0.314. The smallest absolute Gasteiger partial charge is 0.316 e. The van der Waals surface area contributed by atoms with Crippen molar-refractivity contribution in [2.75, 3.05) is 6.61 Å². The molecule has 0 aliphatic rings. The minimum atomic E-state index is -2.64. The molecule has 0 radical (unpaired) electrons. The average molecular weight is 224 g/mol. The predicted molar refractivity (Wildman–Crippen MR) is 61.9 cm³/mol. The minimum Gasteiger partial charge on any atom is -0.326 e. The van der Waals surface area contributed by atoms with Crippen molar-refractivity contribution in [2.45, 2.75) is 59.3 Å². The fourth-order valence-electron chi connectivity index (χ4n) is 0.977. The van der Waals surface area contributed by atoms with Crippen LogP contribution in [0, 0.1) is 0 Å². The van der Waals surface area contributed by atoms with Crippen molar-refractivity contribution >= 4 is 8.25 Å². The quantitative estimate of drug-likeness (QED) is 0.529. The maximum absolute atomic E-state index is 9.56. The monoisotopic (exact) mass is 224 g/mol. The summed E-state index contributed by atoms with van der Waals surface area (Å²) < 4.78 is 13.7. The third-order valence-corrected chi connectivity index (χ3v) is 2.26.